The number of fused-ring (bicyclic) bond motifs is 1. The number of nitrogens with zero attached hydrogens (tertiary/aromatic N) is 3. The molecule has 0 aliphatic heterocycles. The quantitative estimate of drug-likeness (QED) is 0.433. The van der Waals surface area contributed by atoms with Gasteiger partial charge >= 0.3 is 6.09 Å². The van der Waals surface area contributed by atoms with Crippen molar-refractivity contribution >= 4 is 35.1 Å². The van der Waals surface area contributed by atoms with E-state index in [1.807, 2.05) is 26.8 Å². The summed E-state index contributed by atoms with van der Waals surface area (Å²) in [6.45, 7) is 11.0. The van der Waals surface area contributed by atoms with Gasteiger partial charge in [0.25, 0.3) is 0 Å². The van der Waals surface area contributed by atoms with E-state index >= 15 is 0 Å². The molecule has 1 aliphatic carbocycles. The molecule has 2 heterocycles. The van der Waals surface area contributed by atoms with Crippen molar-refractivity contribution in [2.45, 2.75) is 66.2 Å². The topological polar surface area (TPSA) is 47.4 Å². The second kappa shape index (κ2) is 9.10. The van der Waals surface area contributed by atoms with Crippen LogP contribution in [0, 0.1) is 25.6 Å². The maximum atomic E-state index is 13.5. The Morgan fingerprint density at radius 3 is 2.44 bits per heavy atom. The van der Waals surface area contributed by atoms with Gasteiger partial charge < -0.3 is 9.30 Å². The lowest BCUT2D eigenvalue weighted by Crippen LogP contribution is -2.36. The van der Waals surface area contributed by atoms with E-state index in [0.29, 0.717) is 11.6 Å². The highest BCUT2D eigenvalue weighted by atomic mass is 35.5. The van der Waals surface area contributed by atoms with E-state index < -0.39 is 11.7 Å². The van der Waals surface area contributed by atoms with Crippen molar-refractivity contribution in [2.24, 2.45) is 5.92 Å². The van der Waals surface area contributed by atoms with Crippen molar-refractivity contribution in [3.63, 3.8) is 0 Å². The minimum absolute atomic E-state index is 0. The highest BCUT2D eigenvalue weighted by Crippen LogP contribution is 2.35. The standard InChI is InChI=1S/C25H30FN3O2.ClH/c1-16-17(2)28(14-18-6-7-18)23-21(16)12-13-27-22(23)15-29(24(30)31-25(3,4)5)20-10-8-19(26)9-11-20;/h8-13,18H,6-7,14-15H2,1-5H3;1H. The Labute approximate surface area is 195 Å². The lowest BCUT2D eigenvalue weighted by molar-refractivity contribution is 0.0577. The molecule has 32 heavy (non-hydrogen) atoms. The van der Waals surface area contributed by atoms with Gasteiger partial charge in [0.1, 0.15) is 11.4 Å². The summed E-state index contributed by atoms with van der Waals surface area (Å²) in [6, 6.07) is 7.94. The number of pyridine rings is 1. The van der Waals surface area contributed by atoms with E-state index in [-0.39, 0.29) is 24.8 Å². The van der Waals surface area contributed by atoms with Crippen molar-refractivity contribution in [3.05, 3.63) is 59.3 Å². The third-order valence-corrected chi connectivity index (χ3v) is 5.82. The predicted octanol–water partition coefficient (Wildman–Crippen LogP) is 6.57. The number of aromatic nitrogens is 2. The van der Waals surface area contributed by atoms with Crippen molar-refractivity contribution in [1.29, 1.82) is 0 Å². The number of benzene rings is 1. The third kappa shape index (κ3) is 5.07. The largest absolute Gasteiger partial charge is 0.443 e. The van der Waals surface area contributed by atoms with Gasteiger partial charge in [0.15, 0.2) is 0 Å². The van der Waals surface area contributed by atoms with Crippen molar-refractivity contribution in [3.8, 4) is 0 Å². The molecular weight excluding hydrogens is 429 g/mol. The van der Waals surface area contributed by atoms with Crippen LogP contribution in [0.15, 0.2) is 36.5 Å². The van der Waals surface area contributed by atoms with Gasteiger partial charge in [-0.3, -0.25) is 9.88 Å². The number of rotatable bonds is 5. The first-order chi connectivity index (χ1) is 14.6. The zero-order chi connectivity index (χ0) is 22.3. The number of anilines is 1. The van der Waals surface area contributed by atoms with Crippen LogP contribution in [0.1, 0.15) is 50.6 Å². The smallest absolute Gasteiger partial charge is 0.415 e. The van der Waals surface area contributed by atoms with E-state index in [1.165, 1.54) is 41.1 Å². The Morgan fingerprint density at radius 2 is 1.84 bits per heavy atom. The molecule has 1 aliphatic rings. The molecule has 0 saturated heterocycles. The summed E-state index contributed by atoms with van der Waals surface area (Å²) in [6.07, 6.45) is 3.83. The first kappa shape index (κ1) is 24.1. The van der Waals surface area contributed by atoms with Crippen LogP contribution in [0.4, 0.5) is 14.9 Å². The average molecular weight is 460 g/mol. The number of ether oxygens (including phenoxy) is 1. The Bertz CT molecular complexity index is 1110. The Balaban J connectivity index is 0.00000289. The predicted molar refractivity (Wildman–Crippen MR) is 128 cm³/mol. The molecule has 2 aromatic heterocycles. The molecule has 172 valence electrons. The molecule has 3 aromatic rings. The number of hydrogen-bond donors (Lipinski definition) is 0. The van der Waals surface area contributed by atoms with Gasteiger partial charge in [-0.15, -0.1) is 12.4 Å². The average Bonchev–Trinajstić information content (AvgIpc) is 3.49. The van der Waals surface area contributed by atoms with Gasteiger partial charge in [0.2, 0.25) is 0 Å². The molecule has 4 rings (SSSR count). The highest BCUT2D eigenvalue weighted by Gasteiger charge is 2.28. The molecule has 0 spiro atoms. The fourth-order valence-electron chi connectivity index (χ4n) is 3.92. The van der Waals surface area contributed by atoms with Crippen molar-refractivity contribution in [1.82, 2.24) is 9.55 Å². The van der Waals surface area contributed by atoms with E-state index in [9.17, 15) is 9.18 Å². The number of carbonyl (C=O) groups is 1. The van der Waals surface area contributed by atoms with Crippen LogP contribution in [-0.4, -0.2) is 21.2 Å². The van der Waals surface area contributed by atoms with Crippen LogP contribution >= 0.6 is 12.4 Å². The summed E-state index contributed by atoms with van der Waals surface area (Å²) in [7, 11) is 0. The molecule has 1 saturated carbocycles. The summed E-state index contributed by atoms with van der Waals surface area (Å²) < 4.78 is 21.5. The van der Waals surface area contributed by atoms with E-state index in [2.05, 4.69) is 23.4 Å². The normalized spacial score (nSPS) is 13.7. The molecule has 7 heteroatoms. The lowest BCUT2D eigenvalue weighted by Gasteiger charge is -2.27. The van der Waals surface area contributed by atoms with Crippen molar-refractivity contribution in [2.75, 3.05) is 4.90 Å². The van der Waals surface area contributed by atoms with Gasteiger partial charge in [0, 0.05) is 29.5 Å². The Hall–Kier alpha value is -2.60. The molecule has 5 nitrogen and oxygen atoms in total. The zero-order valence-corrected chi connectivity index (χ0v) is 20.1. The summed E-state index contributed by atoms with van der Waals surface area (Å²) in [5.41, 5.74) is 4.29. The minimum Gasteiger partial charge on any atom is -0.443 e. The summed E-state index contributed by atoms with van der Waals surface area (Å²) >= 11 is 0. The number of hydrogen-bond acceptors (Lipinski definition) is 3. The Morgan fingerprint density at radius 1 is 1.19 bits per heavy atom. The second-order valence-electron chi connectivity index (χ2n) is 9.46. The van der Waals surface area contributed by atoms with Crippen LogP contribution in [-0.2, 0) is 17.8 Å². The molecule has 0 radical (unpaired) electrons. The lowest BCUT2D eigenvalue weighted by atomic mass is 10.1. The van der Waals surface area contributed by atoms with Gasteiger partial charge in [-0.25, -0.2) is 9.18 Å². The fraction of sp³-hybridized carbons (Fsp3) is 0.440. The van der Waals surface area contributed by atoms with Crippen LogP contribution in [0.3, 0.4) is 0 Å². The maximum Gasteiger partial charge on any atom is 0.415 e. The van der Waals surface area contributed by atoms with Crippen LogP contribution in [0.25, 0.3) is 10.9 Å². The van der Waals surface area contributed by atoms with E-state index in [4.69, 9.17) is 4.74 Å². The molecule has 0 N–H and O–H groups in total. The van der Waals surface area contributed by atoms with Gasteiger partial charge in [-0.05, 0) is 89.3 Å². The SMILES string of the molecule is Cc1c(C)n(CC2CC2)c2c(CN(C(=O)OC(C)(C)C)c3ccc(F)cc3)nccc12.Cl. The van der Waals surface area contributed by atoms with Gasteiger partial charge in [-0.2, -0.15) is 0 Å². The van der Waals surface area contributed by atoms with Gasteiger partial charge in [-0.1, -0.05) is 0 Å². The van der Waals surface area contributed by atoms with Gasteiger partial charge in [0.05, 0.1) is 17.8 Å². The molecule has 0 unspecified atom stereocenters. The fourth-order valence-corrected chi connectivity index (χ4v) is 3.92. The second-order valence-corrected chi connectivity index (χ2v) is 9.46. The van der Waals surface area contributed by atoms with Crippen molar-refractivity contribution < 1.29 is 13.9 Å². The summed E-state index contributed by atoms with van der Waals surface area (Å²) in [5.74, 6) is 0.360. The summed E-state index contributed by atoms with van der Waals surface area (Å²) in [4.78, 5) is 19.3. The van der Waals surface area contributed by atoms with E-state index in [1.54, 1.807) is 18.3 Å². The highest BCUT2D eigenvalue weighted by molar-refractivity contribution is 5.91. The molecule has 0 atom stereocenters. The number of amides is 1. The zero-order valence-electron chi connectivity index (χ0n) is 19.3. The molecule has 0 bridgehead atoms. The molecule has 1 aromatic carbocycles. The number of carbonyl (C=O) groups excluding carboxylic acids is 1. The van der Waals surface area contributed by atoms with E-state index in [0.717, 1.165) is 23.1 Å². The van der Waals surface area contributed by atoms with Crippen LogP contribution in [0.2, 0.25) is 0 Å². The minimum atomic E-state index is -0.645. The monoisotopic (exact) mass is 459 g/mol. The van der Waals surface area contributed by atoms with Crippen LogP contribution < -0.4 is 4.90 Å². The molecular formula is C25H31ClFN3O2. The third-order valence-electron chi connectivity index (χ3n) is 5.82. The first-order valence-electron chi connectivity index (χ1n) is 10.8. The Kier molecular flexibility index (Phi) is 6.84. The summed E-state index contributed by atoms with van der Waals surface area (Å²) in [5, 5.41) is 1.16. The molecule has 1 amide bonds. The first-order valence-corrected chi connectivity index (χ1v) is 10.8. The number of halogens is 2. The number of aryl methyl sites for hydroxylation is 1. The molecule has 1 fully saturated rings. The maximum absolute atomic E-state index is 13.5. The van der Waals surface area contributed by atoms with Crippen LogP contribution in [0.5, 0.6) is 0 Å².